The maximum atomic E-state index is 12.4. The molecule has 2 heterocycles. The molecule has 0 atom stereocenters. The van der Waals surface area contributed by atoms with Crippen LogP contribution in [-0.2, 0) is 19.1 Å². The van der Waals surface area contributed by atoms with Crippen molar-refractivity contribution >= 4 is 17.8 Å². The summed E-state index contributed by atoms with van der Waals surface area (Å²) in [5, 5.41) is 0.503. The number of imide groups is 1. The molecule has 2 amide bonds. The summed E-state index contributed by atoms with van der Waals surface area (Å²) in [6, 6.07) is 6.31. The van der Waals surface area contributed by atoms with Crippen LogP contribution in [0.2, 0.25) is 0 Å². The average Bonchev–Trinajstić information content (AvgIpc) is 3.10. The predicted molar refractivity (Wildman–Crippen MR) is 76.5 cm³/mol. The van der Waals surface area contributed by atoms with Crippen molar-refractivity contribution in [2.24, 2.45) is 5.41 Å². The fourth-order valence-electron chi connectivity index (χ4n) is 2.32. The number of ether oxygens (including phenoxy) is 2. The highest BCUT2D eigenvalue weighted by atomic mass is 16.7. The van der Waals surface area contributed by atoms with Gasteiger partial charge in [-0.05, 0) is 26.0 Å². The molecule has 7 heteroatoms. The van der Waals surface area contributed by atoms with E-state index in [1.807, 2.05) is 0 Å². The normalized spacial score (nSPS) is 17.0. The standard InChI is InChI=1S/C16H15NO6/c1-16(2,9-12-21-7-8-22-12)15(20)23-17-13(18)10-5-3-4-6-11(10)14(17)19/h3-8,12H,9H2,1-2H3. The molecule has 0 fully saturated rings. The van der Waals surface area contributed by atoms with Crippen LogP contribution in [0.5, 0.6) is 0 Å². The molecule has 1 aromatic rings. The molecule has 0 N–H and O–H groups in total. The van der Waals surface area contributed by atoms with E-state index in [1.165, 1.54) is 24.7 Å². The molecule has 0 aliphatic carbocycles. The number of nitrogens with zero attached hydrogens (tertiary/aromatic N) is 1. The van der Waals surface area contributed by atoms with Gasteiger partial charge in [-0.2, -0.15) is 0 Å². The van der Waals surface area contributed by atoms with Crippen LogP contribution in [0.4, 0.5) is 0 Å². The first-order valence-electron chi connectivity index (χ1n) is 7.06. The molecular weight excluding hydrogens is 302 g/mol. The van der Waals surface area contributed by atoms with E-state index in [0.717, 1.165) is 0 Å². The Balaban J connectivity index is 1.71. The summed E-state index contributed by atoms with van der Waals surface area (Å²) in [5.74, 6) is -2.01. The maximum absolute atomic E-state index is 12.4. The SMILES string of the molecule is CC(C)(CC1OC=CO1)C(=O)ON1C(=O)c2ccccc2C1=O. The molecule has 0 bridgehead atoms. The zero-order valence-corrected chi connectivity index (χ0v) is 12.6. The van der Waals surface area contributed by atoms with Gasteiger partial charge in [-0.25, -0.2) is 4.79 Å². The second-order valence-corrected chi connectivity index (χ2v) is 5.89. The molecule has 120 valence electrons. The number of carbonyl (C=O) groups is 3. The predicted octanol–water partition coefficient (Wildman–Crippen LogP) is 2.00. The number of fused-ring (bicyclic) bond motifs is 1. The van der Waals surface area contributed by atoms with E-state index in [-0.39, 0.29) is 17.5 Å². The largest absolute Gasteiger partial charge is 0.459 e. The number of rotatable bonds is 4. The van der Waals surface area contributed by atoms with Gasteiger partial charge in [0.05, 0.1) is 16.5 Å². The third kappa shape index (κ3) is 2.65. The van der Waals surface area contributed by atoms with Gasteiger partial charge < -0.3 is 14.3 Å². The first kappa shape index (κ1) is 15.1. The summed E-state index contributed by atoms with van der Waals surface area (Å²) >= 11 is 0. The molecule has 0 spiro atoms. The van der Waals surface area contributed by atoms with Gasteiger partial charge in [0.15, 0.2) is 0 Å². The second-order valence-electron chi connectivity index (χ2n) is 5.89. The van der Waals surface area contributed by atoms with E-state index >= 15 is 0 Å². The van der Waals surface area contributed by atoms with Gasteiger partial charge in [0, 0.05) is 6.42 Å². The van der Waals surface area contributed by atoms with Crippen molar-refractivity contribution in [2.75, 3.05) is 0 Å². The molecule has 3 rings (SSSR count). The Morgan fingerprint density at radius 3 is 2.17 bits per heavy atom. The van der Waals surface area contributed by atoms with Crippen molar-refractivity contribution in [1.82, 2.24) is 5.06 Å². The van der Waals surface area contributed by atoms with Gasteiger partial charge in [-0.1, -0.05) is 17.2 Å². The van der Waals surface area contributed by atoms with E-state index in [4.69, 9.17) is 14.3 Å². The van der Waals surface area contributed by atoms with Gasteiger partial charge in [0.25, 0.3) is 11.8 Å². The van der Waals surface area contributed by atoms with Crippen LogP contribution in [-0.4, -0.2) is 29.1 Å². The smallest absolute Gasteiger partial charge is 0.339 e. The Bertz CT molecular complexity index is 665. The number of hydroxylamine groups is 2. The highest BCUT2D eigenvalue weighted by Gasteiger charge is 2.42. The Morgan fingerprint density at radius 2 is 1.65 bits per heavy atom. The Labute approximate surface area is 132 Å². The minimum atomic E-state index is -1.01. The lowest BCUT2D eigenvalue weighted by Gasteiger charge is -2.26. The van der Waals surface area contributed by atoms with Crippen LogP contribution in [0, 0.1) is 5.41 Å². The topological polar surface area (TPSA) is 82.1 Å². The van der Waals surface area contributed by atoms with Gasteiger partial charge in [0.1, 0.15) is 12.5 Å². The fourth-order valence-corrected chi connectivity index (χ4v) is 2.32. The maximum Gasteiger partial charge on any atom is 0.339 e. The summed E-state index contributed by atoms with van der Waals surface area (Å²) in [6.45, 7) is 3.25. The zero-order chi connectivity index (χ0) is 16.6. The number of amides is 2. The van der Waals surface area contributed by atoms with Crippen molar-refractivity contribution in [1.29, 1.82) is 0 Å². The van der Waals surface area contributed by atoms with Crippen molar-refractivity contribution < 1.29 is 28.7 Å². The number of carbonyl (C=O) groups excluding carboxylic acids is 3. The van der Waals surface area contributed by atoms with Crippen LogP contribution in [0.15, 0.2) is 36.8 Å². The quantitative estimate of drug-likeness (QED) is 0.790. The first-order valence-corrected chi connectivity index (χ1v) is 7.06. The van der Waals surface area contributed by atoms with Crippen LogP contribution < -0.4 is 0 Å². The minimum Gasteiger partial charge on any atom is -0.459 e. The monoisotopic (exact) mass is 317 g/mol. The van der Waals surface area contributed by atoms with Gasteiger partial charge >= 0.3 is 5.97 Å². The summed E-state index contributed by atoms with van der Waals surface area (Å²) in [4.78, 5) is 41.8. The van der Waals surface area contributed by atoms with Crippen LogP contribution >= 0.6 is 0 Å². The molecule has 0 unspecified atom stereocenters. The van der Waals surface area contributed by atoms with E-state index in [2.05, 4.69) is 0 Å². The highest BCUT2D eigenvalue weighted by molar-refractivity contribution is 6.20. The molecule has 23 heavy (non-hydrogen) atoms. The third-order valence-electron chi connectivity index (χ3n) is 3.68. The summed E-state index contributed by atoms with van der Waals surface area (Å²) < 4.78 is 10.3. The summed E-state index contributed by atoms with van der Waals surface area (Å²) in [6.07, 6.45) is 2.38. The van der Waals surface area contributed by atoms with Crippen LogP contribution in [0.1, 0.15) is 41.0 Å². The lowest BCUT2D eigenvalue weighted by atomic mass is 9.89. The van der Waals surface area contributed by atoms with Crippen LogP contribution in [0.3, 0.4) is 0 Å². The third-order valence-corrected chi connectivity index (χ3v) is 3.68. The molecule has 1 aromatic carbocycles. The molecule has 2 aliphatic heterocycles. The fraction of sp³-hybridized carbons (Fsp3) is 0.312. The highest BCUT2D eigenvalue weighted by Crippen LogP contribution is 2.30. The van der Waals surface area contributed by atoms with E-state index in [0.29, 0.717) is 5.06 Å². The van der Waals surface area contributed by atoms with Crippen LogP contribution in [0.25, 0.3) is 0 Å². The zero-order valence-electron chi connectivity index (χ0n) is 12.6. The Morgan fingerprint density at radius 1 is 1.13 bits per heavy atom. The Kier molecular flexibility index (Phi) is 3.55. The molecular formula is C16H15NO6. The van der Waals surface area contributed by atoms with E-state index < -0.39 is 29.5 Å². The number of benzene rings is 1. The lowest BCUT2D eigenvalue weighted by Crippen LogP contribution is -2.39. The van der Waals surface area contributed by atoms with Crippen molar-refractivity contribution in [3.8, 4) is 0 Å². The van der Waals surface area contributed by atoms with E-state index in [1.54, 1.807) is 26.0 Å². The number of hydrogen-bond acceptors (Lipinski definition) is 6. The average molecular weight is 317 g/mol. The minimum absolute atomic E-state index is 0.210. The van der Waals surface area contributed by atoms with Gasteiger partial charge in [-0.15, -0.1) is 0 Å². The number of hydrogen-bond donors (Lipinski definition) is 0. The summed E-state index contributed by atoms with van der Waals surface area (Å²) in [5.41, 5.74) is -0.573. The van der Waals surface area contributed by atoms with Crippen molar-refractivity contribution in [3.63, 3.8) is 0 Å². The van der Waals surface area contributed by atoms with Crippen molar-refractivity contribution in [2.45, 2.75) is 26.6 Å². The molecule has 0 saturated heterocycles. The lowest BCUT2D eigenvalue weighted by molar-refractivity contribution is -0.183. The molecule has 0 saturated carbocycles. The van der Waals surface area contributed by atoms with Gasteiger partial charge in [-0.3, -0.25) is 9.59 Å². The molecule has 0 radical (unpaired) electrons. The first-order chi connectivity index (χ1) is 10.9. The second kappa shape index (κ2) is 5.42. The van der Waals surface area contributed by atoms with Gasteiger partial charge in [0.2, 0.25) is 6.29 Å². The molecule has 0 aromatic heterocycles. The molecule has 2 aliphatic rings. The Hall–Kier alpha value is -2.83. The van der Waals surface area contributed by atoms with Crippen molar-refractivity contribution in [3.05, 3.63) is 47.9 Å². The molecule has 7 nitrogen and oxygen atoms in total. The summed E-state index contributed by atoms with van der Waals surface area (Å²) in [7, 11) is 0. The van der Waals surface area contributed by atoms with E-state index in [9.17, 15) is 14.4 Å².